The van der Waals surface area contributed by atoms with Crippen molar-refractivity contribution in [3.63, 3.8) is 0 Å². The van der Waals surface area contributed by atoms with Gasteiger partial charge >= 0.3 is 12.0 Å². The predicted octanol–water partition coefficient (Wildman–Crippen LogP) is 1.17. The molecule has 0 aromatic carbocycles. The Morgan fingerprint density at radius 2 is 1.80 bits per heavy atom. The normalized spacial score (nSPS) is 16.8. The molecule has 0 saturated carbocycles. The molecule has 6 heteroatoms. The maximum Gasteiger partial charge on any atom is 0.323 e. The van der Waals surface area contributed by atoms with E-state index < -0.39 is 5.97 Å². The minimum absolute atomic E-state index is 0.140. The summed E-state index contributed by atoms with van der Waals surface area (Å²) in [5.74, 6) is -0.695. The van der Waals surface area contributed by atoms with E-state index in [4.69, 9.17) is 5.11 Å². The van der Waals surface area contributed by atoms with Gasteiger partial charge in [0.2, 0.25) is 0 Å². The number of hydrogen-bond donors (Lipinski definition) is 1. The molecule has 0 unspecified atom stereocenters. The number of carboxylic acid groups (broad SMARTS) is 1. The zero-order valence-corrected chi connectivity index (χ0v) is 13.0. The summed E-state index contributed by atoms with van der Waals surface area (Å²) >= 11 is 0. The largest absolute Gasteiger partial charge is 0.480 e. The third-order valence-electron chi connectivity index (χ3n) is 3.65. The van der Waals surface area contributed by atoms with Gasteiger partial charge in [0.25, 0.3) is 0 Å². The van der Waals surface area contributed by atoms with Crippen LogP contribution in [0, 0.1) is 5.92 Å². The van der Waals surface area contributed by atoms with Crippen LogP contribution in [0.4, 0.5) is 4.79 Å². The summed E-state index contributed by atoms with van der Waals surface area (Å²) in [5, 5.41) is 8.94. The van der Waals surface area contributed by atoms with E-state index in [1.165, 1.54) is 4.90 Å². The highest BCUT2D eigenvalue weighted by Gasteiger charge is 2.28. The van der Waals surface area contributed by atoms with Gasteiger partial charge in [-0.15, -0.1) is 0 Å². The molecular weight excluding hydrogens is 258 g/mol. The van der Waals surface area contributed by atoms with Gasteiger partial charge in [0.15, 0.2) is 0 Å². The summed E-state index contributed by atoms with van der Waals surface area (Å²) in [5.41, 5.74) is 0. The third kappa shape index (κ3) is 5.00. The van der Waals surface area contributed by atoms with E-state index in [1.807, 2.05) is 13.8 Å². The second-order valence-corrected chi connectivity index (χ2v) is 6.13. The second kappa shape index (κ2) is 7.47. The molecule has 0 aromatic rings. The molecule has 0 aromatic heterocycles. The van der Waals surface area contributed by atoms with Gasteiger partial charge in [-0.3, -0.25) is 4.79 Å². The Hall–Kier alpha value is -1.30. The van der Waals surface area contributed by atoms with Gasteiger partial charge in [0.05, 0.1) is 0 Å². The first-order valence-corrected chi connectivity index (χ1v) is 7.23. The van der Waals surface area contributed by atoms with Crippen LogP contribution in [-0.4, -0.2) is 78.1 Å². The van der Waals surface area contributed by atoms with Crippen LogP contribution in [0.5, 0.6) is 0 Å². The number of carboxylic acids is 1. The lowest BCUT2D eigenvalue weighted by molar-refractivity contribution is -0.137. The molecule has 1 fully saturated rings. The van der Waals surface area contributed by atoms with Gasteiger partial charge in [-0.1, -0.05) is 13.8 Å². The number of urea groups is 1. The predicted molar refractivity (Wildman–Crippen MR) is 77.7 cm³/mol. The highest BCUT2D eigenvalue weighted by Crippen LogP contribution is 2.16. The summed E-state index contributed by atoms with van der Waals surface area (Å²) in [6.07, 6.45) is 1.89. The molecule has 0 atom stereocenters. The van der Waals surface area contributed by atoms with Crippen molar-refractivity contribution < 1.29 is 14.7 Å². The summed E-state index contributed by atoms with van der Waals surface area (Å²) in [6, 6.07) is 0.371. The molecule has 1 aliphatic heterocycles. The second-order valence-electron chi connectivity index (χ2n) is 6.13. The SMILES string of the molecule is CC(C)CN(CC(=O)O)C(=O)N1CCC(N(C)C)CC1. The monoisotopic (exact) mass is 285 g/mol. The van der Waals surface area contributed by atoms with Gasteiger partial charge in [-0.05, 0) is 32.9 Å². The van der Waals surface area contributed by atoms with Crippen LogP contribution in [0.2, 0.25) is 0 Å². The molecule has 1 aliphatic rings. The van der Waals surface area contributed by atoms with Crippen LogP contribution in [-0.2, 0) is 4.79 Å². The lowest BCUT2D eigenvalue weighted by atomic mass is 10.0. The number of nitrogens with zero attached hydrogens (tertiary/aromatic N) is 3. The van der Waals surface area contributed by atoms with Crippen molar-refractivity contribution in [3.05, 3.63) is 0 Å². The Morgan fingerprint density at radius 3 is 2.20 bits per heavy atom. The molecule has 116 valence electrons. The summed E-state index contributed by atoms with van der Waals surface area (Å²) in [7, 11) is 4.11. The third-order valence-corrected chi connectivity index (χ3v) is 3.65. The van der Waals surface area contributed by atoms with Crippen LogP contribution in [0.1, 0.15) is 26.7 Å². The van der Waals surface area contributed by atoms with Crippen molar-refractivity contribution in [2.45, 2.75) is 32.7 Å². The number of rotatable bonds is 5. The van der Waals surface area contributed by atoms with E-state index >= 15 is 0 Å². The Balaban J connectivity index is 2.59. The standard InChI is InChI=1S/C14H27N3O3/c1-11(2)9-17(10-13(18)19)14(20)16-7-5-12(6-8-16)15(3)4/h11-12H,5-10H2,1-4H3,(H,18,19). The zero-order valence-electron chi connectivity index (χ0n) is 13.0. The van der Waals surface area contributed by atoms with E-state index in [0.717, 1.165) is 12.8 Å². The Bertz CT molecular complexity index is 337. The number of hydrogen-bond acceptors (Lipinski definition) is 3. The molecule has 0 radical (unpaired) electrons. The zero-order chi connectivity index (χ0) is 15.3. The molecule has 1 rings (SSSR count). The van der Waals surface area contributed by atoms with E-state index in [0.29, 0.717) is 25.7 Å². The topological polar surface area (TPSA) is 64.1 Å². The molecular formula is C14H27N3O3. The first kappa shape index (κ1) is 16.8. The number of aliphatic carboxylic acids is 1. The first-order valence-electron chi connectivity index (χ1n) is 7.23. The van der Waals surface area contributed by atoms with E-state index in [9.17, 15) is 9.59 Å². The highest BCUT2D eigenvalue weighted by molar-refractivity contribution is 5.80. The van der Waals surface area contributed by atoms with Crippen LogP contribution in [0.25, 0.3) is 0 Å². The fourth-order valence-electron chi connectivity index (χ4n) is 2.59. The average molecular weight is 285 g/mol. The van der Waals surface area contributed by atoms with Crippen LogP contribution >= 0.6 is 0 Å². The van der Waals surface area contributed by atoms with Crippen molar-refractivity contribution in [3.8, 4) is 0 Å². The van der Waals surface area contributed by atoms with Crippen LogP contribution < -0.4 is 0 Å². The Kier molecular flexibility index (Phi) is 6.26. The van der Waals surface area contributed by atoms with E-state index in [2.05, 4.69) is 19.0 Å². The van der Waals surface area contributed by atoms with Crippen molar-refractivity contribution in [1.29, 1.82) is 0 Å². The van der Waals surface area contributed by atoms with E-state index in [-0.39, 0.29) is 18.5 Å². The van der Waals surface area contributed by atoms with Crippen molar-refractivity contribution >= 4 is 12.0 Å². The minimum Gasteiger partial charge on any atom is -0.480 e. The van der Waals surface area contributed by atoms with Crippen molar-refractivity contribution in [2.24, 2.45) is 5.92 Å². The van der Waals surface area contributed by atoms with Gasteiger partial charge < -0.3 is 19.8 Å². The maximum atomic E-state index is 12.4. The number of piperidine rings is 1. The lowest BCUT2D eigenvalue weighted by Crippen LogP contribution is -2.51. The molecule has 20 heavy (non-hydrogen) atoms. The van der Waals surface area contributed by atoms with Crippen LogP contribution in [0.3, 0.4) is 0 Å². The Labute approximate surface area is 121 Å². The molecule has 2 amide bonds. The number of carbonyl (C=O) groups excluding carboxylic acids is 1. The minimum atomic E-state index is -0.956. The summed E-state index contributed by atoms with van der Waals surface area (Å²) in [6.45, 7) is 5.65. The average Bonchev–Trinajstić information content (AvgIpc) is 2.36. The smallest absolute Gasteiger partial charge is 0.323 e. The van der Waals surface area contributed by atoms with Gasteiger partial charge in [-0.25, -0.2) is 4.79 Å². The van der Waals surface area contributed by atoms with Gasteiger partial charge in [-0.2, -0.15) is 0 Å². The fraction of sp³-hybridized carbons (Fsp3) is 0.857. The summed E-state index contributed by atoms with van der Waals surface area (Å²) in [4.78, 5) is 28.7. The Morgan fingerprint density at radius 1 is 1.25 bits per heavy atom. The van der Waals surface area contributed by atoms with E-state index in [1.54, 1.807) is 4.90 Å². The molecule has 0 spiro atoms. The fourth-order valence-corrected chi connectivity index (χ4v) is 2.59. The highest BCUT2D eigenvalue weighted by atomic mass is 16.4. The maximum absolute atomic E-state index is 12.4. The quantitative estimate of drug-likeness (QED) is 0.823. The molecule has 1 heterocycles. The van der Waals surface area contributed by atoms with Crippen molar-refractivity contribution in [1.82, 2.24) is 14.7 Å². The lowest BCUT2D eigenvalue weighted by Gasteiger charge is -2.37. The van der Waals surface area contributed by atoms with Gasteiger partial charge in [0, 0.05) is 25.7 Å². The van der Waals surface area contributed by atoms with Crippen LogP contribution in [0.15, 0.2) is 0 Å². The molecule has 1 saturated heterocycles. The number of likely N-dealkylation sites (tertiary alicyclic amines) is 1. The molecule has 1 N–H and O–H groups in total. The van der Waals surface area contributed by atoms with Crippen molar-refractivity contribution in [2.75, 3.05) is 40.3 Å². The number of carbonyl (C=O) groups is 2. The summed E-state index contributed by atoms with van der Waals surface area (Å²) < 4.78 is 0. The molecule has 0 aliphatic carbocycles. The van der Waals surface area contributed by atoms with Gasteiger partial charge in [0.1, 0.15) is 6.54 Å². The first-order chi connectivity index (χ1) is 9.31. The molecule has 0 bridgehead atoms. The number of amides is 2. The molecule has 6 nitrogen and oxygen atoms in total.